The van der Waals surface area contributed by atoms with Crippen LogP contribution < -0.4 is 5.32 Å². The molecule has 0 aliphatic rings. The third-order valence-corrected chi connectivity index (χ3v) is 3.36. The van der Waals surface area contributed by atoms with Gasteiger partial charge in [0.15, 0.2) is 0 Å². The Bertz CT molecular complexity index is 596. The zero-order chi connectivity index (χ0) is 15.1. The predicted octanol–water partition coefficient (Wildman–Crippen LogP) is 3.45. The topological polar surface area (TPSA) is 49.3 Å². The van der Waals surface area contributed by atoms with Gasteiger partial charge in [0.1, 0.15) is 0 Å². The SMILES string of the molecule is O=C(Cc1ccc(Cl)cc1)Nc1cccc(CCCO)c1. The highest BCUT2D eigenvalue weighted by atomic mass is 35.5. The van der Waals surface area contributed by atoms with Gasteiger partial charge < -0.3 is 10.4 Å². The van der Waals surface area contributed by atoms with Gasteiger partial charge in [-0.1, -0.05) is 35.9 Å². The smallest absolute Gasteiger partial charge is 0.228 e. The van der Waals surface area contributed by atoms with E-state index >= 15 is 0 Å². The van der Waals surface area contributed by atoms with Crippen LogP contribution in [0.4, 0.5) is 5.69 Å². The molecule has 0 saturated carbocycles. The molecule has 2 N–H and O–H groups in total. The van der Waals surface area contributed by atoms with E-state index in [1.807, 2.05) is 36.4 Å². The Morgan fingerprint density at radius 3 is 2.57 bits per heavy atom. The first kappa shape index (κ1) is 15.5. The first-order chi connectivity index (χ1) is 10.2. The summed E-state index contributed by atoms with van der Waals surface area (Å²) in [6, 6.07) is 14.9. The summed E-state index contributed by atoms with van der Waals surface area (Å²) >= 11 is 5.82. The molecule has 0 aromatic heterocycles. The molecule has 0 heterocycles. The fraction of sp³-hybridized carbons (Fsp3) is 0.235. The van der Waals surface area contributed by atoms with Crippen LogP contribution >= 0.6 is 11.6 Å². The predicted molar refractivity (Wildman–Crippen MR) is 85.6 cm³/mol. The first-order valence-electron chi connectivity index (χ1n) is 6.91. The summed E-state index contributed by atoms with van der Waals surface area (Å²) < 4.78 is 0. The Balaban J connectivity index is 1.94. The van der Waals surface area contributed by atoms with E-state index < -0.39 is 0 Å². The van der Waals surface area contributed by atoms with Gasteiger partial charge in [-0.05, 0) is 48.2 Å². The van der Waals surface area contributed by atoms with Gasteiger partial charge in [0, 0.05) is 17.3 Å². The lowest BCUT2D eigenvalue weighted by Gasteiger charge is -2.07. The molecule has 0 unspecified atom stereocenters. The number of halogens is 1. The van der Waals surface area contributed by atoms with Gasteiger partial charge in [-0.25, -0.2) is 0 Å². The standard InChI is InChI=1S/C17H18ClNO2/c18-15-8-6-14(7-9-15)12-17(21)19-16-5-1-3-13(11-16)4-2-10-20/h1,3,5-9,11,20H,2,4,10,12H2,(H,19,21). The minimum atomic E-state index is -0.0587. The van der Waals surface area contributed by atoms with Gasteiger partial charge in [0.2, 0.25) is 5.91 Å². The van der Waals surface area contributed by atoms with Crippen LogP contribution in [-0.2, 0) is 17.6 Å². The van der Waals surface area contributed by atoms with Crippen molar-refractivity contribution in [3.05, 3.63) is 64.7 Å². The molecule has 21 heavy (non-hydrogen) atoms. The number of aliphatic hydroxyl groups excluding tert-OH is 1. The lowest BCUT2D eigenvalue weighted by atomic mass is 10.1. The van der Waals surface area contributed by atoms with Crippen LogP contribution in [0, 0.1) is 0 Å². The average Bonchev–Trinajstić information content (AvgIpc) is 2.48. The molecular formula is C17H18ClNO2. The van der Waals surface area contributed by atoms with E-state index in [1.54, 1.807) is 12.1 Å². The lowest BCUT2D eigenvalue weighted by Crippen LogP contribution is -2.14. The van der Waals surface area contributed by atoms with Gasteiger partial charge in [0.25, 0.3) is 0 Å². The number of benzene rings is 2. The molecule has 2 aromatic rings. The number of carbonyl (C=O) groups excluding carboxylic acids is 1. The summed E-state index contributed by atoms with van der Waals surface area (Å²) in [7, 11) is 0. The fourth-order valence-corrected chi connectivity index (χ4v) is 2.21. The largest absolute Gasteiger partial charge is 0.396 e. The van der Waals surface area contributed by atoms with Crippen molar-refractivity contribution >= 4 is 23.2 Å². The number of hydrogen-bond donors (Lipinski definition) is 2. The van der Waals surface area contributed by atoms with Crippen LogP contribution in [0.15, 0.2) is 48.5 Å². The molecule has 2 rings (SSSR count). The summed E-state index contributed by atoms with van der Waals surface area (Å²) in [5.74, 6) is -0.0587. The number of rotatable bonds is 6. The molecule has 0 aliphatic heterocycles. The molecule has 4 heteroatoms. The minimum Gasteiger partial charge on any atom is -0.396 e. The van der Waals surface area contributed by atoms with Gasteiger partial charge in [-0.2, -0.15) is 0 Å². The molecule has 110 valence electrons. The molecule has 2 aromatic carbocycles. The first-order valence-corrected chi connectivity index (χ1v) is 7.29. The molecular weight excluding hydrogens is 286 g/mol. The van der Waals surface area contributed by atoms with E-state index in [1.165, 1.54) is 0 Å². The molecule has 0 atom stereocenters. The highest BCUT2D eigenvalue weighted by Crippen LogP contribution is 2.14. The molecule has 0 radical (unpaired) electrons. The number of hydrogen-bond acceptors (Lipinski definition) is 2. The molecule has 0 fully saturated rings. The van der Waals surface area contributed by atoms with E-state index in [-0.39, 0.29) is 12.5 Å². The molecule has 0 aliphatic carbocycles. The zero-order valence-electron chi connectivity index (χ0n) is 11.7. The summed E-state index contributed by atoms with van der Waals surface area (Å²) in [5, 5.41) is 12.4. The highest BCUT2D eigenvalue weighted by Gasteiger charge is 2.05. The van der Waals surface area contributed by atoms with E-state index in [0.717, 1.165) is 29.7 Å². The second kappa shape index (κ2) is 7.81. The van der Waals surface area contributed by atoms with Crippen molar-refractivity contribution in [1.29, 1.82) is 0 Å². The van der Waals surface area contributed by atoms with Crippen LogP contribution in [0.25, 0.3) is 0 Å². The Hall–Kier alpha value is -1.84. The number of aryl methyl sites for hydroxylation is 1. The quantitative estimate of drug-likeness (QED) is 0.859. The van der Waals surface area contributed by atoms with Crippen LogP contribution in [0.1, 0.15) is 17.5 Å². The molecule has 0 saturated heterocycles. The monoisotopic (exact) mass is 303 g/mol. The van der Waals surface area contributed by atoms with Gasteiger partial charge in [0.05, 0.1) is 6.42 Å². The fourth-order valence-electron chi connectivity index (χ4n) is 2.08. The van der Waals surface area contributed by atoms with Crippen LogP contribution in [0.2, 0.25) is 5.02 Å². The zero-order valence-corrected chi connectivity index (χ0v) is 12.4. The van der Waals surface area contributed by atoms with Gasteiger partial charge in [-0.3, -0.25) is 4.79 Å². The lowest BCUT2D eigenvalue weighted by molar-refractivity contribution is -0.115. The number of anilines is 1. The van der Waals surface area contributed by atoms with Crippen molar-refractivity contribution in [1.82, 2.24) is 0 Å². The summed E-state index contributed by atoms with van der Waals surface area (Å²) in [5.41, 5.74) is 2.81. The Kier molecular flexibility index (Phi) is 5.78. The maximum Gasteiger partial charge on any atom is 0.228 e. The number of amides is 1. The second-order valence-electron chi connectivity index (χ2n) is 4.88. The van der Waals surface area contributed by atoms with Crippen molar-refractivity contribution in [2.45, 2.75) is 19.3 Å². The maximum absolute atomic E-state index is 12.0. The number of carbonyl (C=O) groups is 1. The summed E-state index contributed by atoms with van der Waals surface area (Å²) in [6.07, 6.45) is 1.84. The Morgan fingerprint density at radius 2 is 1.86 bits per heavy atom. The van der Waals surface area contributed by atoms with Crippen LogP contribution in [-0.4, -0.2) is 17.6 Å². The average molecular weight is 304 g/mol. The Morgan fingerprint density at radius 1 is 1.10 bits per heavy atom. The van der Waals surface area contributed by atoms with Crippen molar-refractivity contribution in [3.8, 4) is 0 Å². The number of nitrogens with one attached hydrogen (secondary N) is 1. The van der Waals surface area contributed by atoms with Gasteiger partial charge >= 0.3 is 0 Å². The number of aliphatic hydroxyl groups is 1. The van der Waals surface area contributed by atoms with E-state index in [4.69, 9.17) is 16.7 Å². The van der Waals surface area contributed by atoms with Crippen LogP contribution in [0.3, 0.4) is 0 Å². The summed E-state index contributed by atoms with van der Waals surface area (Å²) in [4.78, 5) is 12.0. The van der Waals surface area contributed by atoms with Crippen molar-refractivity contribution < 1.29 is 9.90 Å². The second-order valence-corrected chi connectivity index (χ2v) is 5.32. The Labute approximate surface area is 129 Å². The summed E-state index contributed by atoms with van der Waals surface area (Å²) in [6.45, 7) is 0.174. The van der Waals surface area contributed by atoms with Crippen LogP contribution in [0.5, 0.6) is 0 Å². The highest BCUT2D eigenvalue weighted by molar-refractivity contribution is 6.30. The van der Waals surface area contributed by atoms with E-state index in [9.17, 15) is 4.79 Å². The van der Waals surface area contributed by atoms with E-state index in [0.29, 0.717) is 11.4 Å². The van der Waals surface area contributed by atoms with E-state index in [2.05, 4.69) is 5.32 Å². The third kappa shape index (κ3) is 5.21. The molecule has 3 nitrogen and oxygen atoms in total. The molecule has 0 spiro atoms. The van der Waals surface area contributed by atoms with Crippen molar-refractivity contribution in [2.24, 2.45) is 0 Å². The molecule has 1 amide bonds. The maximum atomic E-state index is 12.0. The minimum absolute atomic E-state index is 0.0587. The van der Waals surface area contributed by atoms with Gasteiger partial charge in [-0.15, -0.1) is 0 Å². The van der Waals surface area contributed by atoms with Crippen molar-refractivity contribution in [2.75, 3.05) is 11.9 Å². The normalized spacial score (nSPS) is 10.4. The van der Waals surface area contributed by atoms with Crippen molar-refractivity contribution in [3.63, 3.8) is 0 Å². The molecule has 0 bridgehead atoms. The third-order valence-electron chi connectivity index (χ3n) is 3.11.